The summed E-state index contributed by atoms with van der Waals surface area (Å²) in [5, 5.41) is 9.18. The lowest BCUT2D eigenvalue weighted by Crippen LogP contribution is -2.18. The van der Waals surface area contributed by atoms with Crippen LogP contribution in [0, 0.1) is 6.92 Å². The zero-order valence-electron chi connectivity index (χ0n) is 9.81. The van der Waals surface area contributed by atoms with Gasteiger partial charge in [-0.05, 0) is 30.9 Å². The second-order valence-electron chi connectivity index (χ2n) is 3.89. The van der Waals surface area contributed by atoms with Crippen molar-refractivity contribution in [1.82, 2.24) is 0 Å². The minimum absolute atomic E-state index is 0. The molecule has 0 bridgehead atoms. The minimum Gasteiger partial charge on any atom is -0.515 e. The maximum atomic E-state index is 9.18. The van der Waals surface area contributed by atoms with E-state index < -0.39 is 0 Å². The molecule has 0 amide bonds. The van der Waals surface area contributed by atoms with Crippen LogP contribution in [0.25, 0.3) is 5.57 Å². The van der Waals surface area contributed by atoms with Crippen molar-refractivity contribution in [3.05, 3.63) is 41.7 Å². The van der Waals surface area contributed by atoms with E-state index in [-0.39, 0.29) is 18.4 Å². The fraction of sp³-hybridized carbons (Fsp3) is 0.385. The molecule has 0 saturated heterocycles. The van der Waals surface area contributed by atoms with Crippen LogP contribution in [0.3, 0.4) is 0 Å². The molecular formula is C13H20ClNO. The van der Waals surface area contributed by atoms with E-state index in [4.69, 9.17) is 5.73 Å². The van der Waals surface area contributed by atoms with Crippen molar-refractivity contribution in [1.29, 1.82) is 0 Å². The van der Waals surface area contributed by atoms with E-state index in [2.05, 4.69) is 6.92 Å². The summed E-state index contributed by atoms with van der Waals surface area (Å²) in [6.07, 6.45) is 2.81. The largest absolute Gasteiger partial charge is 0.515 e. The number of hydrogen-bond acceptors (Lipinski definition) is 2. The summed E-state index contributed by atoms with van der Waals surface area (Å²) < 4.78 is 0. The van der Waals surface area contributed by atoms with Gasteiger partial charge in [-0.1, -0.05) is 36.8 Å². The van der Waals surface area contributed by atoms with Crippen LogP contribution in [0.4, 0.5) is 0 Å². The van der Waals surface area contributed by atoms with Crippen LogP contribution in [-0.4, -0.2) is 11.1 Å². The molecule has 0 spiro atoms. The molecule has 1 unspecified atom stereocenters. The van der Waals surface area contributed by atoms with Crippen LogP contribution in [0.1, 0.15) is 30.9 Å². The first-order valence-corrected chi connectivity index (χ1v) is 5.33. The van der Waals surface area contributed by atoms with Gasteiger partial charge in [-0.25, -0.2) is 0 Å². The van der Waals surface area contributed by atoms with Gasteiger partial charge in [-0.3, -0.25) is 0 Å². The van der Waals surface area contributed by atoms with Gasteiger partial charge in [0.25, 0.3) is 0 Å². The molecule has 3 N–H and O–H groups in total. The van der Waals surface area contributed by atoms with Crippen LogP contribution in [0.15, 0.2) is 30.5 Å². The van der Waals surface area contributed by atoms with Gasteiger partial charge in [-0.2, -0.15) is 0 Å². The molecule has 0 saturated carbocycles. The Morgan fingerprint density at radius 1 is 1.38 bits per heavy atom. The lowest BCUT2D eigenvalue weighted by molar-refractivity contribution is 0.472. The lowest BCUT2D eigenvalue weighted by atomic mass is 9.98. The maximum Gasteiger partial charge on any atom is 0.0830 e. The smallest absolute Gasteiger partial charge is 0.0830 e. The quantitative estimate of drug-likeness (QED) is 0.794. The van der Waals surface area contributed by atoms with E-state index >= 15 is 0 Å². The molecule has 0 aliphatic heterocycles. The van der Waals surface area contributed by atoms with E-state index in [1.807, 2.05) is 31.2 Å². The third-order valence-electron chi connectivity index (χ3n) is 2.58. The zero-order valence-corrected chi connectivity index (χ0v) is 10.6. The summed E-state index contributed by atoms with van der Waals surface area (Å²) in [5.74, 6) is 0. The van der Waals surface area contributed by atoms with Crippen LogP contribution in [-0.2, 0) is 0 Å². The van der Waals surface area contributed by atoms with Gasteiger partial charge in [0, 0.05) is 6.04 Å². The fourth-order valence-corrected chi connectivity index (χ4v) is 1.44. The van der Waals surface area contributed by atoms with Gasteiger partial charge in [0.2, 0.25) is 0 Å². The van der Waals surface area contributed by atoms with Crippen molar-refractivity contribution < 1.29 is 5.11 Å². The number of hydrogen-bond donors (Lipinski definition) is 2. The molecule has 0 aliphatic carbocycles. The first-order valence-electron chi connectivity index (χ1n) is 5.33. The van der Waals surface area contributed by atoms with Gasteiger partial charge in [0.15, 0.2) is 0 Å². The van der Waals surface area contributed by atoms with Gasteiger partial charge in [-0.15, -0.1) is 12.4 Å². The van der Waals surface area contributed by atoms with Gasteiger partial charge < -0.3 is 10.8 Å². The van der Waals surface area contributed by atoms with E-state index in [0.717, 1.165) is 24.0 Å². The summed E-state index contributed by atoms with van der Waals surface area (Å²) >= 11 is 0. The minimum atomic E-state index is 0. The maximum absolute atomic E-state index is 9.18. The van der Waals surface area contributed by atoms with Crippen molar-refractivity contribution in [3.63, 3.8) is 0 Å². The highest BCUT2D eigenvalue weighted by Crippen LogP contribution is 2.20. The number of nitrogens with two attached hydrogens (primary N) is 1. The number of aliphatic hydroxyl groups excluding tert-OH is 1. The summed E-state index contributed by atoms with van der Waals surface area (Å²) in [5.41, 5.74) is 9.04. The third-order valence-corrected chi connectivity index (χ3v) is 2.58. The molecule has 0 aromatic heterocycles. The van der Waals surface area contributed by atoms with Crippen molar-refractivity contribution in [2.45, 2.75) is 32.7 Å². The fourth-order valence-electron chi connectivity index (χ4n) is 1.44. The Bertz CT molecular complexity index is 332. The van der Waals surface area contributed by atoms with Crippen molar-refractivity contribution in [3.8, 4) is 0 Å². The van der Waals surface area contributed by atoms with Crippen LogP contribution >= 0.6 is 12.4 Å². The van der Waals surface area contributed by atoms with E-state index in [1.165, 1.54) is 11.8 Å². The molecule has 0 heterocycles. The number of benzene rings is 1. The average Bonchev–Trinajstić information content (AvgIpc) is 2.27. The Morgan fingerprint density at radius 3 is 2.38 bits per heavy atom. The number of aryl methyl sites for hydroxylation is 1. The third kappa shape index (κ3) is 4.25. The number of halogens is 1. The van der Waals surface area contributed by atoms with Crippen LogP contribution in [0.5, 0.6) is 0 Å². The molecule has 1 rings (SSSR count). The molecule has 16 heavy (non-hydrogen) atoms. The standard InChI is InChI=1S/C13H19NO.ClH/c1-3-13(14)8-12(9-15)11-6-4-10(2)5-7-11;/h4-7,9,13,15H,3,8,14H2,1-2H3;1H/b12-9+;. The highest BCUT2D eigenvalue weighted by molar-refractivity contribution is 5.85. The topological polar surface area (TPSA) is 46.2 Å². The van der Waals surface area contributed by atoms with Gasteiger partial charge in [0.1, 0.15) is 0 Å². The SMILES string of the molecule is CCC(N)C/C(=C\O)c1ccc(C)cc1.Cl. The zero-order chi connectivity index (χ0) is 11.3. The molecule has 0 aliphatic rings. The lowest BCUT2D eigenvalue weighted by Gasteiger charge is -2.11. The average molecular weight is 242 g/mol. The predicted molar refractivity (Wildman–Crippen MR) is 71.9 cm³/mol. The Balaban J connectivity index is 0.00000225. The molecule has 1 aromatic rings. The van der Waals surface area contributed by atoms with E-state index in [9.17, 15) is 5.11 Å². The molecule has 90 valence electrons. The van der Waals surface area contributed by atoms with Crippen LogP contribution in [0.2, 0.25) is 0 Å². The first kappa shape index (κ1) is 15.0. The Hall–Kier alpha value is -0.990. The molecule has 1 aromatic carbocycles. The van der Waals surface area contributed by atoms with E-state index in [1.54, 1.807) is 0 Å². The van der Waals surface area contributed by atoms with E-state index in [0.29, 0.717) is 0 Å². The summed E-state index contributed by atoms with van der Waals surface area (Å²) in [6, 6.07) is 8.22. The predicted octanol–water partition coefficient (Wildman–Crippen LogP) is 3.44. The highest BCUT2D eigenvalue weighted by Gasteiger charge is 2.06. The molecule has 3 heteroatoms. The second-order valence-corrected chi connectivity index (χ2v) is 3.89. The van der Waals surface area contributed by atoms with Crippen molar-refractivity contribution >= 4 is 18.0 Å². The van der Waals surface area contributed by atoms with Crippen molar-refractivity contribution in [2.24, 2.45) is 5.73 Å². The second kappa shape index (κ2) is 7.31. The molecule has 0 radical (unpaired) electrons. The summed E-state index contributed by atoms with van der Waals surface area (Å²) in [4.78, 5) is 0. The van der Waals surface area contributed by atoms with Crippen LogP contribution < -0.4 is 5.73 Å². The Morgan fingerprint density at radius 2 is 1.94 bits per heavy atom. The molecular weight excluding hydrogens is 222 g/mol. The number of aliphatic hydroxyl groups is 1. The molecule has 1 atom stereocenters. The van der Waals surface area contributed by atoms with Gasteiger partial charge in [0.05, 0.1) is 6.26 Å². The monoisotopic (exact) mass is 241 g/mol. The van der Waals surface area contributed by atoms with Crippen molar-refractivity contribution in [2.75, 3.05) is 0 Å². The first-order chi connectivity index (χ1) is 7.17. The highest BCUT2D eigenvalue weighted by atomic mass is 35.5. The van der Waals surface area contributed by atoms with Gasteiger partial charge >= 0.3 is 0 Å². The number of rotatable bonds is 4. The molecule has 0 fully saturated rings. The summed E-state index contributed by atoms with van der Waals surface area (Å²) in [7, 11) is 0. The normalized spacial score (nSPS) is 13.1. The summed E-state index contributed by atoms with van der Waals surface area (Å²) in [6.45, 7) is 4.10. The molecule has 2 nitrogen and oxygen atoms in total. The Labute approximate surface area is 104 Å². The Kier molecular flexibility index (Phi) is 6.86.